The molecule has 0 saturated carbocycles. The lowest BCUT2D eigenvalue weighted by atomic mass is 10.0. The van der Waals surface area contributed by atoms with E-state index in [0.29, 0.717) is 5.92 Å². The SMILES string of the molecule is CCn1c(SC(C)C(=O)Nc2ccccc2C(C)C)nnc1-c1cccs1. The van der Waals surface area contributed by atoms with Crippen LogP contribution in [0.1, 0.15) is 39.2 Å². The van der Waals surface area contributed by atoms with Gasteiger partial charge in [0.25, 0.3) is 0 Å². The fraction of sp³-hybridized carbons (Fsp3) is 0.350. The second-order valence-electron chi connectivity index (χ2n) is 6.52. The number of anilines is 1. The van der Waals surface area contributed by atoms with Gasteiger partial charge in [0.2, 0.25) is 5.91 Å². The number of thiophene rings is 1. The number of thioether (sulfide) groups is 1. The van der Waals surface area contributed by atoms with E-state index in [4.69, 9.17) is 0 Å². The number of hydrogen-bond acceptors (Lipinski definition) is 5. The van der Waals surface area contributed by atoms with Crippen LogP contribution in [-0.4, -0.2) is 25.9 Å². The maximum absolute atomic E-state index is 12.7. The van der Waals surface area contributed by atoms with E-state index in [1.54, 1.807) is 11.3 Å². The van der Waals surface area contributed by atoms with Crippen molar-refractivity contribution in [1.29, 1.82) is 0 Å². The van der Waals surface area contributed by atoms with Crippen molar-refractivity contribution in [2.24, 2.45) is 0 Å². The Balaban J connectivity index is 1.74. The Kier molecular flexibility index (Phi) is 6.34. The zero-order valence-corrected chi connectivity index (χ0v) is 17.6. The molecule has 1 unspecified atom stereocenters. The second kappa shape index (κ2) is 8.71. The van der Waals surface area contributed by atoms with Gasteiger partial charge in [-0.2, -0.15) is 0 Å². The summed E-state index contributed by atoms with van der Waals surface area (Å²) in [5.41, 5.74) is 2.01. The molecule has 27 heavy (non-hydrogen) atoms. The molecule has 7 heteroatoms. The molecule has 3 rings (SSSR count). The number of nitrogens with zero attached hydrogens (tertiary/aromatic N) is 3. The molecule has 1 atom stereocenters. The Bertz CT molecular complexity index is 903. The number of carbonyl (C=O) groups is 1. The third-order valence-electron chi connectivity index (χ3n) is 4.27. The predicted octanol–water partition coefficient (Wildman–Crippen LogP) is 5.27. The number of aromatic nitrogens is 3. The van der Waals surface area contributed by atoms with Crippen LogP contribution in [0.2, 0.25) is 0 Å². The van der Waals surface area contributed by atoms with E-state index in [9.17, 15) is 4.79 Å². The zero-order valence-electron chi connectivity index (χ0n) is 16.0. The molecule has 2 heterocycles. The van der Waals surface area contributed by atoms with Crippen molar-refractivity contribution in [3.8, 4) is 10.7 Å². The summed E-state index contributed by atoms with van der Waals surface area (Å²) in [5, 5.41) is 14.2. The van der Waals surface area contributed by atoms with Gasteiger partial charge in [-0.3, -0.25) is 4.79 Å². The molecule has 0 radical (unpaired) electrons. The Morgan fingerprint density at radius 1 is 1.19 bits per heavy atom. The van der Waals surface area contributed by atoms with Gasteiger partial charge in [-0.1, -0.05) is 49.9 Å². The summed E-state index contributed by atoms with van der Waals surface area (Å²) < 4.78 is 2.06. The van der Waals surface area contributed by atoms with Gasteiger partial charge in [0.1, 0.15) is 0 Å². The molecular weight excluding hydrogens is 376 g/mol. The average molecular weight is 401 g/mol. The van der Waals surface area contributed by atoms with Crippen molar-refractivity contribution < 1.29 is 4.79 Å². The Morgan fingerprint density at radius 3 is 2.63 bits per heavy atom. The Hall–Kier alpha value is -2.12. The van der Waals surface area contributed by atoms with Gasteiger partial charge in [0.05, 0.1) is 10.1 Å². The Morgan fingerprint density at radius 2 is 1.96 bits per heavy atom. The molecular formula is C20H24N4OS2. The van der Waals surface area contributed by atoms with Crippen LogP contribution >= 0.6 is 23.1 Å². The summed E-state index contributed by atoms with van der Waals surface area (Å²) in [6, 6.07) is 12.0. The minimum atomic E-state index is -0.282. The molecule has 0 bridgehead atoms. The van der Waals surface area contributed by atoms with E-state index in [-0.39, 0.29) is 11.2 Å². The molecule has 0 fully saturated rings. The first-order chi connectivity index (χ1) is 13.0. The number of benzene rings is 1. The third-order valence-corrected chi connectivity index (χ3v) is 6.21. The van der Waals surface area contributed by atoms with E-state index in [0.717, 1.165) is 33.7 Å². The summed E-state index contributed by atoms with van der Waals surface area (Å²) in [5.74, 6) is 1.17. The maximum atomic E-state index is 12.7. The molecule has 1 amide bonds. The number of hydrogen-bond donors (Lipinski definition) is 1. The van der Waals surface area contributed by atoms with Crippen molar-refractivity contribution in [3.05, 3.63) is 47.3 Å². The number of amides is 1. The summed E-state index contributed by atoms with van der Waals surface area (Å²) in [6.07, 6.45) is 0. The molecule has 0 aliphatic heterocycles. The van der Waals surface area contributed by atoms with Gasteiger partial charge in [0, 0.05) is 12.2 Å². The van der Waals surface area contributed by atoms with Crippen LogP contribution in [0.3, 0.4) is 0 Å². The van der Waals surface area contributed by atoms with Crippen molar-refractivity contribution in [1.82, 2.24) is 14.8 Å². The van der Waals surface area contributed by atoms with Gasteiger partial charge < -0.3 is 9.88 Å². The fourth-order valence-electron chi connectivity index (χ4n) is 2.81. The molecule has 1 aromatic carbocycles. The van der Waals surface area contributed by atoms with Crippen LogP contribution in [0, 0.1) is 0 Å². The topological polar surface area (TPSA) is 59.8 Å². The lowest BCUT2D eigenvalue weighted by molar-refractivity contribution is -0.115. The van der Waals surface area contributed by atoms with Crippen molar-refractivity contribution in [2.45, 2.75) is 50.6 Å². The van der Waals surface area contributed by atoms with Crippen molar-refractivity contribution in [2.75, 3.05) is 5.32 Å². The highest BCUT2D eigenvalue weighted by Crippen LogP contribution is 2.30. The molecule has 0 saturated heterocycles. The van der Waals surface area contributed by atoms with Crippen LogP contribution in [0.15, 0.2) is 46.9 Å². The quantitative estimate of drug-likeness (QED) is 0.549. The van der Waals surface area contributed by atoms with Crippen LogP contribution in [-0.2, 0) is 11.3 Å². The minimum absolute atomic E-state index is 0.0311. The van der Waals surface area contributed by atoms with Crippen molar-refractivity contribution in [3.63, 3.8) is 0 Å². The Labute approximate surface area is 168 Å². The zero-order chi connectivity index (χ0) is 19.4. The predicted molar refractivity (Wildman–Crippen MR) is 113 cm³/mol. The van der Waals surface area contributed by atoms with Crippen LogP contribution in [0.4, 0.5) is 5.69 Å². The lowest BCUT2D eigenvalue weighted by Gasteiger charge is -2.16. The van der Waals surface area contributed by atoms with E-state index in [1.165, 1.54) is 11.8 Å². The number of rotatable bonds is 7. The van der Waals surface area contributed by atoms with E-state index in [2.05, 4.69) is 46.9 Å². The number of nitrogens with one attached hydrogen (secondary N) is 1. The summed E-state index contributed by atoms with van der Waals surface area (Å²) in [7, 11) is 0. The third kappa shape index (κ3) is 4.42. The molecule has 0 aliphatic rings. The van der Waals surface area contributed by atoms with Crippen LogP contribution in [0.25, 0.3) is 10.7 Å². The van der Waals surface area contributed by atoms with Gasteiger partial charge in [-0.25, -0.2) is 0 Å². The normalized spacial score (nSPS) is 12.3. The highest BCUT2D eigenvalue weighted by atomic mass is 32.2. The molecule has 142 valence electrons. The smallest absolute Gasteiger partial charge is 0.237 e. The molecule has 0 spiro atoms. The number of para-hydroxylation sites is 1. The summed E-state index contributed by atoms with van der Waals surface area (Å²) >= 11 is 3.07. The van der Waals surface area contributed by atoms with Gasteiger partial charge in [0.15, 0.2) is 11.0 Å². The summed E-state index contributed by atoms with van der Waals surface area (Å²) in [4.78, 5) is 13.8. The van der Waals surface area contributed by atoms with E-state index < -0.39 is 0 Å². The van der Waals surface area contributed by atoms with Crippen molar-refractivity contribution >= 4 is 34.7 Å². The highest BCUT2D eigenvalue weighted by Gasteiger charge is 2.21. The van der Waals surface area contributed by atoms with E-state index >= 15 is 0 Å². The molecule has 1 N–H and O–H groups in total. The largest absolute Gasteiger partial charge is 0.325 e. The number of carbonyl (C=O) groups excluding carboxylic acids is 1. The van der Waals surface area contributed by atoms with Crippen LogP contribution in [0.5, 0.6) is 0 Å². The molecule has 5 nitrogen and oxygen atoms in total. The first kappa shape index (κ1) is 19.6. The van der Waals surface area contributed by atoms with Gasteiger partial charge in [-0.15, -0.1) is 21.5 Å². The van der Waals surface area contributed by atoms with Gasteiger partial charge in [-0.05, 0) is 42.8 Å². The van der Waals surface area contributed by atoms with Crippen LogP contribution < -0.4 is 5.32 Å². The maximum Gasteiger partial charge on any atom is 0.237 e. The first-order valence-electron chi connectivity index (χ1n) is 9.04. The molecule has 3 aromatic rings. The summed E-state index contributed by atoms with van der Waals surface area (Å²) in [6.45, 7) is 8.97. The standard InChI is InChI=1S/C20H24N4OS2/c1-5-24-18(17-11-8-12-26-17)22-23-20(24)27-14(4)19(25)21-16-10-7-6-9-15(16)13(2)3/h6-14H,5H2,1-4H3,(H,21,25). The average Bonchev–Trinajstić information content (AvgIpc) is 3.31. The fourth-order valence-corrected chi connectivity index (χ4v) is 4.44. The second-order valence-corrected chi connectivity index (χ2v) is 8.77. The minimum Gasteiger partial charge on any atom is -0.325 e. The highest BCUT2D eigenvalue weighted by molar-refractivity contribution is 8.00. The lowest BCUT2D eigenvalue weighted by Crippen LogP contribution is -2.23. The molecule has 0 aliphatic carbocycles. The monoisotopic (exact) mass is 400 g/mol. The van der Waals surface area contributed by atoms with Gasteiger partial charge >= 0.3 is 0 Å². The first-order valence-corrected chi connectivity index (χ1v) is 10.8. The van der Waals surface area contributed by atoms with E-state index in [1.807, 2.05) is 42.6 Å². The molecule has 2 aromatic heterocycles.